The Morgan fingerprint density at radius 2 is 1.54 bits per heavy atom. The van der Waals surface area contributed by atoms with Crippen molar-refractivity contribution in [1.82, 2.24) is 10.6 Å². The SMILES string of the molecule is CC(=O)N[C@H](Cc1ccccc1F)C(=O)N[C@@H](Cc1ccccc1I)C(=O)O. The van der Waals surface area contributed by atoms with E-state index in [-0.39, 0.29) is 18.4 Å². The van der Waals surface area contributed by atoms with E-state index in [0.717, 1.165) is 9.13 Å². The van der Waals surface area contributed by atoms with Crippen molar-refractivity contribution >= 4 is 40.4 Å². The van der Waals surface area contributed by atoms with Gasteiger partial charge in [0.2, 0.25) is 11.8 Å². The molecular weight excluding hydrogens is 478 g/mol. The van der Waals surface area contributed by atoms with Crippen LogP contribution in [0.15, 0.2) is 48.5 Å². The Balaban J connectivity index is 2.17. The molecule has 0 saturated heterocycles. The number of carbonyl (C=O) groups excluding carboxylic acids is 2. The second-order valence-corrected chi connectivity index (χ2v) is 7.41. The summed E-state index contributed by atoms with van der Waals surface area (Å²) in [6, 6.07) is 10.9. The van der Waals surface area contributed by atoms with Gasteiger partial charge in [-0.2, -0.15) is 0 Å². The van der Waals surface area contributed by atoms with Crippen LogP contribution >= 0.6 is 22.6 Å². The molecule has 0 aliphatic rings. The topological polar surface area (TPSA) is 95.5 Å². The van der Waals surface area contributed by atoms with Gasteiger partial charge in [0.05, 0.1) is 0 Å². The second kappa shape index (κ2) is 10.2. The zero-order valence-electron chi connectivity index (χ0n) is 15.1. The van der Waals surface area contributed by atoms with E-state index in [4.69, 9.17) is 0 Å². The summed E-state index contributed by atoms with van der Waals surface area (Å²) >= 11 is 2.09. The summed E-state index contributed by atoms with van der Waals surface area (Å²) in [5.41, 5.74) is 1.03. The summed E-state index contributed by atoms with van der Waals surface area (Å²) in [5, 5.41) is 14.4. The standard InChI is InChI=1S/C20H20FIN2O4/c1-12(25)23-17(10-13-6-2-4-8-15(13)21)19(26)24-18(20(27)28)11-14-7-3-5-9-16(14)22/h2-9,17-18H,10-11H2,1H3,(H,23,25)(H,24,26)(H,27,28)/t17-,18+/m1/s1. The van der Waals surface area contributed by atoms with Crippen LogP contribution < -0.4 is 10.6 Å². The third kappa shape index (κ3) is 6.29. The molecule has 0 aromatic heterocycles. The van der Waals surface area contributed by atoms with Gasteiger partial charge in [-0.1, -0.05) is 36.4 Å². The van der Waals surface area contributed by atoms with E-state index in [2.05, 4.69) is 33.2 Å². The van der Waals surface area contributed by atoms with Gasteiger partial charge in [-0.3, -0.25) is 9.59 Å². The molecule has 2 aromatic carbocycles. The maximum atomic E-state index is 13.9. The molecule has 0 unspecified atom stereocenters. The lowest BCUT2D eigenvalue weighted by Gasteiger charge is -2.21. The van der Waals surface area contributed by atoms with Gasteiger partial charge >= 0.3 is 5.97 Å². The molecule has 0 aliphatic heterocycles. The number of amides is 2. The predicted molar refractivity (Wildman–Crippen MR) is 110 cm³/mol. The van der Waals surface area contributed by atoms with E-state index in [0.29, 0.717) is 0 Å². The Morgan fingerprint density at radius 1 is 0.964 bits per heavy atom. The minimum atomic E-state index is -1.19. The fourth-order valence-corrected chi connectivity index (χ4v) is 3.30. The highest BCUT2D eigenvalue weighted by Crippen LogP contribution is 2.14. The molecule has 0 saturated carbocycles. The first-order chi connectivity index (χ1) is 13.3. The number of halogens is 2. The molecule has 2 aromatic rings. The van der Waals surface area contributed by atoms with Crippen molar-refractivity contribution in [3.05, 3.63) is 69.0 Å². The first kappa shape index (κ1) is 21.8. The predicted octanol–water partition coefficient (Wildman–Crippen LogP) is 2.29. The summed E-state index contributed by atoms with van der Waals surface area (Å²) in [6.07, 6.45) is -0.0000265. The minimum absolute atomic E-state index is 0.0900. The van der Waals surface area contributed by atoms with Crippen molar-refractivity contribution in [3.63, 3.8) is 0 Å². The van der Waals surface area contributed by atoms with Crippen LogP contribution in [-0.2, 0) is 27.2 Å². The van der Waals surface area contributed by atoms with E-state index in [1.165, 1.54) is 25.1 Å². The van der Waals surface area contributed by atoms with Crippen molar-refractivity contribution < 1.29 is 23.9 Å². The van der Waals surface area contributed by atoms with Crippen molar-refractivity contribution in [2.24, 2.45) is 0 Å². The third-order valence-electron chi connectivity index (χ3n) is 4.07. The van der Waals surface area contributed by atoms with Crippen LogP contribution in [0.2, 0.25) is 0 Å². The number of aliphatic carboxylic acids is 1. The van der Waals surface area contributed by atoms with Gasteiger partial charge in [-0.15, -0.1) is 0 Å². The number of carboxylic acids is 1. The summed E-state index contributed by atoms with van der Waals surface area (Å²) in [4.78, 5) is 35.8. The Kier molecular flexibility index (Phi) is 7.91. The summed E-state index contributed by atoms with van der Waals surface area (Å²) < 4.78 is 14.8. The molecule has 6 nitrogen and oxygen atoms in total. The molecule has 0 spiro atoms. The first-order valence-corrected chi connectivity index (χ1v) is 9.63. The van der Waals surface area contributed by atoms with Gasteiger partial charge in [0.15, 0.2) is 0 Å². The Morgan fingerprint density at radius 3 is 2.11 bits per heavy atom. The maximum absolute atomic E-state index is 13.9. The van der Waals surface area contributed by atoms with Crippen molar-refractivity contribution in [2.45, 2.75) is 31.8 Å². The molecule has 2 amide bonds. The number of carbonyl (C=O) groups is 3. The van der Waals surface area contributed by atoms with Crippen molar-refractivity contribution in [3.8, 4) is 0 Å². The first-order valence-electron chi connectivity index (χ1n) is 8.55. The van der Waals surface area contributed by atoms with E-state index in [1.807, 2.05) is 12.1 Å². The van der Waals surface area contributed by atoms with Crippen LogP contribution in [0.4, 0.5) is 4.39 Å². The van der Waals surface area contributed by atoms with Gasteiger partial charge in [-0.25, -0.2) is 9.18 Å². The molecule has 0 fully saturated rings. The van der Waals surface area contributed by atoms with Crippen LogP contribution in [0.3, 0.4) is 0 Å². The van der Waals surface area contributed by atoms with E-state index in [9.17, 15) is 23.9 Å². The van der Waals surface area contributed by atoms with Crippen LogP contribution in [-0.4, -0.2) is 35.0 Å². The number of nitrogens with one attached hydrogen (secondary N) is 2. The van der Waals surface area contributed by atoms with Gasteiger partial charge in [0, 0.05) is 23.3 Å². The van der Waals surface area contributed by atoms with E-state index >= 15 is 0 Å². The van der Waals surface area contributed by atoms with E-state index < -0.39 is 35.7 Å². The van der Waals surface area contributed by atoms with Gasteiger partial charge in [0.1, 0.15) is 17.9 Å². The normalized spacial score (nSPS) is 12.7. The van der Waals surface area contributed by atoms with Crippen LogP contribution in [0, 0.1) is 9.39 Å². The summed E-state index contributed by atoms with van der Waals surface area (Å²) in [6.45, 7) is 1.24. The highest BCUT2D eigenvalue weighted by atomic mass is 127. The number of hydrogen-bond donors (Lipinski definition) is 3. The van der Waals surface area contributed by atoms with Gasteiger partial charge in [0.25, 0.3) is 0 Å². The van der Waals surface area contributed by atoms with Crippen LogP contribution in [0.5, 0.6) is 0 Å². The molecular formula is C20H20FIN2O4. The molecule has 2 atom stereocenters. The largest absolute Gasteiger partial charge is 0.480 e. The molecule has 0 bridgehead atoms. The zero-order valence-corrected chi connectivity index (χ0v) is 17.3. The number of hydrogen-bond acceptors (Lipinski definition) is 3. The van der Waals surface area contributed by atoms with Crippen LogP contribution in [0.1, 0.15) is 18.1 Å². The average molecular weight is 498 g/mol. The Labute approximate surface area is 175 Å². The Hall–Kier alpha value is -2.49. The van der Waals surface area contributed by atoms with Crippen molar-refractivity contribution in [2.75, 3.05) is 0 Å². The summed E-state index contributed by atoms with van der Waals surface area (Å²) in [7, 11) is 0. The lowest BCUT2D eigenvalue weighted by Crippen LogP contribution is -2.52. The molecule has 148 valence electrons. The lowest BCUT2D eigenvalue weighted by atomic mass is 10.0. The number of benzene rings is 2. The molecule has 0 aliphatic carbocycles. The molecule has 28 heavy (non-hydrogen) atoms. The molecule has 2 rings (SSSR count). The number of carboxylic acid groups (broad SMARTS) is 1. The Bertz CT molecular complexity index is 875. The fourth-order valence-electron chi connectivity index (χ4n) is 2.69. The van der Waals surface area contributed by atoms with Gasteiger partial charge in [-0.05, 0) is 45.9 Å². The van der Waals surface area contributed by atoms with Crippen molar-refractivity contribution in [1.29, 1.82) is 0 Å². The second-order valence-electron chi connectivity index (χ2n) is 6.24. The fraction of sp³-hybridized carbons (Fsp3) is 0.250. The molecule has 8 heteroatoms. The molecule has 0 heterocycles. The zero-order chi connectivity index (χ0) is 20.7. The highest BCUT2D eigenvalue weighted by molar-refractivity contribution is 14.1. The summed E-state index contributed by atoms with van der Waals surface area (Å²) in [5.74, 6) is -2.85. The number of rotatable bonds is 8. The third-order valence-corrected chi connectivity index (χ3v) is 5.12. The smallest absolute Gasteiger partial charge is 0.326 e. The monoisotopic (exact) mass is 498 g/mol. The van der Waals surface area contributed by atoms with Crippen LogP contribution in [0.25, 0.3) is 0 Å². The maximum Gasteiger partial charge on any atom is 0.326 e. The van der Waals surface area contributed by atoms with Gasteiger partial charge < -0.3 is 15.7 Å². The van der Waals surface area contributed by atoms with E-state index in [1.54, 1.807) is 18.2 Å². The average Bonchev–Trinajstić information content (AvgIpc) is 2.63. The quantitative estimate of drug-likeness (QED) is 0.487. The lowest BCUT2D eigenvalue weighted by molar-refractivity contribution is -0.142. The highest BCUT2D eigenvalue weighted by Gasteiger charge is 2.27. The molecule has 3 N–H and O–H groups in total. The minimum Gasteiger partial charge on any atom is -0.480 e. The molecule has 0 radical (unpaired) electrons.